The Kier molecular flexibility index (Phi) is 6.66. The van der Waals surface area contributed by atoms with Crippen LogP contribution in [0.4, 0.5) is 18.0 Å². The van der Waals surface area contributed by atoms with Gasteiger partial charge in [0.1, 0.15) is 12.0 Å². The molecule has 2 spiro atoms. The zero-order valence-corrected chi connectivity index (χ0v) is 21.4. The van der Waals surface area contributed by atoms with Crippen LogP contribution in [0.5, 0.6) is 0 Å². The first-order chi connectivity index (χ1) is 17.5. The van der Waals surface area contributed by atoms with Crippen LogP contribution in [0.1, 0.15) is 50.9 Å². The summed E-state index contributed by atoms with van der Waals surface area (Å²) in [6.07, 6.45) is 5.55. The van der Waals surface area contributed by atoms with Gasteiger partial charge in [-0.3, -0.25) is 4.90 Å². The summed E-state index contributed by atoms with van der Waals surface area (Å²) < 4.78 is 39.6. The van der Waals surface area contributed by atoms with Gasteiger partial charge in [-0.1, -0.05) is 13.3 Å². The van der Waals surface area contributed by atoms with Crippen molar-refractivity contribution in [2.24, 2.45) is 22.3 Å². The van der Waals surface area contributed by atoms with Crippen molar-refractivity contribution >= 4 is 6.03 Å². The molecule has 4 fully saturated rings. The highest BCUT2D eigenvalue weighted by molar-refractivity contribution is 5.77. The highest BCUT2D eigenvalue weighted by Gasteiger charge is 2.57. The zero-order valence-electron chi connectivity index (χ0n) is 21.4. The third kappa shape index (κ3) is 5.30. The maximum Gasteiger partial charge on any atom is 0.430 e. The molecule has 4 heterocycles. The third-order valence-corrected chi connectivity index (χ3v) is 8.40. The molecular formula is C25H37F3N8O. The molecule has 0 bridgehead atoms. The van der Waals surface area contributed by atoms with Crippen LogP contribution < -0.4 is 11.5 Å². The number of hydrogen-bond donors (Lipinski definition) is 2. The van der Waals surface area contributed by atoms with Gasteiger partial charge in [0.05, 0.1) is 6.04 Å². The van der Waals surface area contributed by atoms with Crippen molar-refractivity contribution < 1.29 is 18.0 Å². The van der Waals surface area contributed by atoms with E-state index in [4.69, 9.17) is 11.5 Å². The lowest BCUT2D eigenvalue weighted by atomic mass is 9.60. The summed E-state index contributed by atoms with van der Waals surface area (Å²) in [5.74, 6) is 0.923. The van der Waals surface area contributed by atoms with E-state index in [1.807, 2.05) is 20.8 Å². The number of aryl methyl sites for hydroxylation is 1. The summed E-state index contributed by atoms with van der Waals surface area (Å²) in [4.78, 5) is 23.4. The lowest BCUT2D eigenvalue weighted by Crippen LogP contribution is -2.69. The van der Waals surface area contributed by atoms with Gasteiger partial charge >= 0.3 is 12.2 Å². The topological polar surface area (TPSA) is 110 Å². The summed E-state index contributed by atoms with van der Waals surface area (Å²) in [6, 6.07) is 0.506. The Bertz CT molecular complexity index is 1060. The van der Waals surface area contributed by atoms with Crippen molar-refractivity contribution in [1.82, 2.24) is 29.5 Å². The largest absolute Gasteiger partial charge is 0.430 e. The van der Waals surface area contributed by atoms with Crippen LogP contribution >= 0.6 is 0 Å². The Morgan fingerprint density at radius 3 is 2.43 bits per heavy atom. The number of carbonyl (C=O) groups is 1. The standard InChI is InChI=1S/C25H37F3N8O/c1-2-3-4-21-31-17-36(32-21)19-9-24(10-19)15-35(16-24)22(37)34-13-23(14-34)7-8-33(12-23)11-18(29)5-6-20(30)25(26,27)28/h5-6,17,19H,2-4,7-16,29-30H2,1H3/b18-5-,20-6-. The molecule has 1 aromatic rings. The summed E-state index contributed by atoms with van der Waals surface area (Å²) in [6.45, 7) is 7.21. The number of aromatic nitrogens is 3. The molecule has 37 heavy (non-hydrogen) atoms. The molecule has 0 atom stereocenters. The molecule has 1 aromatic heterocycles. The second-order valence-corrected chi connectivity index (χ2v) is 11.6. The van der Waals surface area contributed by atoms with Crippen molar-refractivity contribution in [2.75, 3.05) is 45.8 Å². The number of rotatable bonds is 7. The highest BCUT2D eigenvalue weighted by Crippen LogP contribution is 2.54. The number of urea groups is 1. The van der Waals surface area contributed by atoms with Gasteiger partial charge in [0.25, 0.3) is 0 Å². The summed E-state index contributed by atoms with van der Waals surface area (Å²) >= 11 is 0. The minimum atomic E-state index is -4.55. The fraction of sp³-hybridized carbons (Fsp3) is 0.720. The molecule has 4 aliphatic rings. The monoisotopic (exact) mass is 522 g/mol. The van der Waals surface area contributed by atoms with Gasteiger partial charge in [-0.15, -0.1) is 0 Å². The van der Waals surface area contributed by atoms with Crippen molar-refractivity contribution in [3.05, 3.63) is 35.7 Å². The number of carbonyl (C=O) groups excluding carboxylic acids is 1. The lowest BCUT2D eigenvalue weighted by molar-refractivity contribution is -0.0926. The van der Waals surface area contributed by atoms with Crippen LogP contribution in [0.2, 0.25) is 0 Å². The normalized spacial score (nSPS) is 23.9. The van der Waals surface area contributed by atoms with Gasteiger partial charge in [-0.05, 0) is 44.4 Å². The van der Waals surface area contributed by atoms with Gasteiger partial charge < -0.3 is 21.3 Å². The van der Waals surface area contributed by atoms with Crippen molar-refractivity contribution in [3.8, 4) is 0 Å². The smallest absolute Gasteiger partial charge is 0.401 e. The van der Waals surface area contributed by atoms with E-state index >= 15 is 0 Å². The molecule has 12 heteroatoms. The summed E-state index contributed by atoms with van der Waals surface area (Å²) in [5, 5.41) is 4.64. The molecule has 204 valence electrons. The Labute approximate surface area is 215 Å². The van der Waals surface area contributed by atoms with E-state index in [0.717, 1.165) is 89.7 Å². The molecule has 4 N–H and O–H groups in total. The number of amides is 2. The van der Waals surface area contributed by atoms with Gasteiger partial charge in [-0.25, -0.2) is 14.5 Å². The Balaban J connectivity index is 1.03. The molecule has 9 nitrogen and oxygen atoms in total. The van der Waals surface area contributed by atoms with Gasteiger partial charge in [0, 0.05) is 62.2 Å². The number of allylic oxidation sites excluding steroid dienone is 3. The lowest BCUT2D eigenvalue weighted by Gasteiger charge is -2.60. The fourth-order valence-electron chi connectivity index (χ4n) is 6.34. The van der Waals surface area contributed by atoms with Gasteiger partial charge in [-0.2, -0.15) is 18.3 Å². The third-order valence-electron chi connectivity index (χ3n) is 8.40. The average Bonchev–Trinajstić information content (AvgIpc) is 3.39. The molecule has 0 radical (unpaired) electrons. The van der Waals surface area contributed by atoms with Crippen LogP contribution in [0.25, 0.3) is 0 Å². The molecular weight excluding hydrogens is 485 g/mol. The number of alkyl halides is 3. The van der Waals surface area contributed by atoms with Crippen molar-refractivity contribution in [3.63, 3.8) is 0 Å². The van der Waals surface area contributed by atoms with Crippen LogP contribution in [-0.4, -0.2) is 87.5 Å². The second-order valence-electron chi connectivity index (χ2n) is 11.6. The van der Waals surface area contributed by atoms with Crippen LogP contribution in [-0.2, 0) is 6.42 Å². The van der Waals surface area contributed by atoms with E-state index in [2.05, 4.69) is 21.9 Å². The minimum Gasteiger partial charge on any atom is -0.401 e. The maximum absolute atomic E-state index is 13.0. The predicted molar refractivity (Wildman–Crippen MR) is 132 cm³/mol. The minimum absolute atomic E-state index is 0.0590. The van der Waals surface area contributed by atoms with Gasteiger partial charge in [0.2, 0.25) is 0 Å². The second kappa shape index (κ2) is 9.52. The van der Waals surface area contributed by atoms with E-state index in [1.165, 1.54) is 6.08 Å². The van der Waals surface area contributed by atoms with Crippen molar-refractivity contribution in [1.29, 1.82) is 0 Å². The van der Waals surface area contributed by atoms with E-state index in [0.29, 0.717) is 18.3 Å². The first-order valence-corrected chi connectivity index (χ1v) is 13.2. The number of unbranched alkanes of at least 4 members (excludes halogenated alkanes) is 1. The number of likely N-dealkylation sites (tertiary alicyclic amines) is 3. The number of nitrogens with zero attached hydrogens (tertiary/aromatic N) is 6. The fourth-order valence-corrected chi connectivity index (χ4v) is 6.34. The Morgan fingerprint density at radius 1 is 1.11 bits per heavy atom. The Morgan fingerprint density at radius 2 is 1.78 bits per heavy atom. The molecule has 0 aromatic carbocycles. The maximum atomic E-state index is 13.0. The van der Waals surface area contributed by atoms with Crippen LogP contribution in [0.15, 0.2) is 29.9 Å². The van der Waals surface area contributed by atoms with E-state index in [9.17, 15) is 18.0 Å². The summed E-state index contributed by atoms with van der Waals surface area (Å²) in [7, 11) is 0. The zero-order chi connectivity index (χ0) is 26.4. The molecule has 3 saturated heterocycles. The number of nitrogens with two attached hydrogens (primary N) is 2. The Hall–Kier alpha value is -2.76. The first kappa shape index (κ1) is 25.9. The molecule has 0 unspecified atom stereocenters. The summed E-state index contributed by atoms with van der Waals surface area (Å²) in [5.41, 5.74) is 10.4. The van der Waals surface area contributed by atoms with Gasteiger partial charge in [0.15, 0.2) is 5.82 Å². The van der Waals surface area contributed by atoms with Crippen LogP contribution in [0.3, 0.4) is 0 Å². The first-order valence-electron chi connectivity index (χ1n) is 13.2. The van der Waals surface area contributed by atoms with E-state index in [1.54, 1.807) is 0 Å². The predicted octanol–water partition coefficient (Wildman–Crippen LogP) is 2.63. The van der Waals surface area contributed by atoms with Crippen molar-refractivity contribution in [2.45, 2.75) is 57.7 Å². The molecule has 1 aliphatic carbocycles. The average molecular weight is 523 g/mol. The molecule has 2 amide bonds. The SMILES string of the molecule is CCCCc1ncn(C2CC3(C2)CN(C(=O)N2CC4(CCN(C/C(N)=C/C=C(\N)C(F)(F)F)C4)C2)C3)n1. The quantitative estimate of drug-likeness (QED) is 0.533. The molecule has 3 aliphatic heterocycles. The number of hydrogen-bond acceptors (Lipinski definition) is 6. The highest BCUT2D eigenvalue weighted by atomic mass is 19.4. The number of halogens is 3. The van der Waals surface area contributed by atoms with Crippen LogP contribution in [0, 0.1) is 10.8 Å². The van der Waals surface area contributed by atoms with E-state index in [-0.39, 0.29) is 16.9 Å². The van der Waals surface area contributed by atoms with E-state index < -0.39 is 11.9 Å². The molecule has 5 rings (SSSR count). The molecule has 1 saturated carbocycles.